The van der Waals surface area contributed by atoms with Crippen LogP contribution in [-0.2, 0) is 4.79 Å². The Morgan fingerprint density at radius 3 is 2.44 bits per heavy atom. The highest BCUT2D eigenvalue weighted by Crippen LogP contribution is 2.40. The van der Waals surface area contributed by atoms with Crippen LogP contribution in [-0.4, -0.2) is 40.3 Å². The highest BCUT2D eigenvalue weighted by molar-refractivity contribution is 6.05. The smallest absolute Gasteiger partial charge is 0.260 e. The van der Waals surface area contributed by atoms with E-state index in [0.29, 0.717) is 25.9 Å². The molecule has 2 aliphatic heterocycles. The molecular formula is C21H23N3O3. The fourth-order valence-corrected chi connectivity index (χ4v) is 4.35. The minimum atomic E-state index is -0.845. The van der Waals surface area contributed by atoms with Gasteiger partial charge in [0.25, 0.3) is 17.4 Å². The van der Waals surface area contributed by atoms with E-state index in [4.69, 9.17) is 0 Å². The number of benzene rings is 1. The van der Waals surface area contributed by atoms with Gasteiger partial charge >= 0.3 is 0 Å². The van der Waals surface area contributed by atoms with E-state index in [2.05, 4.69) is 4.98 Å². The molecule has 1 unspecified atom stereocenters. The number of piperidine rings is 1. The molecular weight excluding hydrogens is 342 g/mol. The van der Waals surface area contributed by atoms with Crippen LogP contribution in [0.15, 0.2) is 47.4 Å². The first-order chi connectivity index (χ1) is 13.0. The van der Waals surface area contributed by atoms with Crippen LogP contribution in [0.5, 0.6) is 0 Å². The van der Waals surface area contributed by atoms with E-state index in [1.165, 1.54) is 12.3 Å². The molecule has 3 heterocycles. The average Bonchev–Trinajstić information content (AvgIpc) is 3.09. The molecule has 2 fully saturated rings. The third kappa shape index (κ3) is 2.85. The number of amides is 2. The number of nitrogens with zero attached hydrogens (tertiary/aromatic N) is 2. The number of aryl methyl sites for hydroxylation is 1. The summed E-state index contributed by atoms with van der Waals surface area (Å²) in [5, 5.41) is 0. The summed E-state index contributed by atoms with van der Waals surface area (Å²) in [6.45, 7) is 3.16. The Labute approximate surface area is 157 Å². The Kier molecular flexibility index (Phi) is 4.34. The van der Waals surface area contributed by atoms with Crippen molar-refractivity contribution in [2.75, 3.05) is 18.0 Å². The molecule has 0 saturated carbocycles. The van der Waals surface area contributed by atoms with Gasteiger partial charge in [0.15, 0.2) is 0 Å². The van der Waals surface area contributed by atoms with E-state index in [-0.39, 0.29) is 17.4 Å². The Balaban J connectivity index is 1.69. The van der Waals surface area contributed by atoms with Gasteiger partial charge in [-0.05, 0) is 56.9 Å². The maximum atomic E-state index is 13.5. The van der Waals surface area contributed by atoms with E-state index in [1.54, 1.807) is 15.9 Å². The first kappa shape index (κ1) is 17.5. The van der Waals surface area contributed by atoms with Gasteiger partial charge in [0.2, 0.25) is 0 Å². The number of aromatic amines is 1. The molecule has 1 spiro atoms. The SMILES string of the molecule is Cc1ccc(N2CCCC3(CCCN3C(=O)c3ccc[nH]c3=O)C2=O)cc1. The fourth-order valence-electron chi connectivity index (χ4n) is 4.35. The van der Waals surface area contributed by atoms with Crippen LogP contribution in [0.25, 0.3) is 0 Å². The van der Waals surface area contributed by atoms with Crippen molar-refractivity contribution in [2.24, 2.45) is 0 Å². The van der Waals surface area contributed by atoms with Gasteiger partial charge in [0, 0.05) is 25.0 Å². The number of carbonyl (C=O) groups is 2. The molecule has 0 bridgehead atoms. The van der Waals surface area contributed by atoms with Crippen molar-refractivity contribution in [1.29, 1.82) is 0 Å². The summed E-state index contributed by atoms with van der Waals surface area (Å²) in [7, 11) is 0. The minimum Gasteiger partial charge on any atom is -0.328 e. The van der Waals surface area contributed by atoms with Crippen molar-refractivity contribution >= 4 is 17.5 Å². The number of hydrogen-bond acceptors (Lipinski definition) is 3. The summed E-state index contributed by atoms with van der Waals surface area (Å²) < 4.78 is 0. The average molecular weight is 365 g/mol. The van der Waals surface area contributed by atoms with Crippen LogP contribution in [0.3, 0.4) is 0 Å². The largest absolute Gasteiger partial charge is 0.328 e. The zero-order valence-electron chi connectivity index (χ0n) is 15.4. The lowest BCUT2D eigenvalue weighted by molar-refractivity contribution is -0.130. The zero-order chi connectivity index (χ0) is 19.0. The predicted octanol–water partition coefficient (Wildman–Crippen LogP) is 2.49. The van der Waals surface area contributed by atoms with Gasteiger partial charge in [-0.1, -0.05) is 17.7 Å². The Hall–Kier alpha value is -2.89. The molecule has 1 N–H and O–H groups in total. The van der Waals surface area contributed by atoms with Gasteiger partial charge in [-0.25, -0.2) is 0 Å². The molecule has 0 radical (unpaired) electrons. The number of anilines is 1. The maximum absolute atomic E-state index is 13.5. The van der Waals surface area contributed by atoms with Gasteiger partial charge in [-0.2, -0.15) is 0 Å². The van der Waals surface area contributed by atoms with E-state index >= 15 is 0 Å². The van der Waals surface area contributed by atoms with Gasteiger partial charge in [0.05, 0.1) is 0 Å². The highest BCUT2D eigenvalue weighted by atomic mass is 16.2. The molecule has 1 aromatic heterocycles. The van der Waals surface area contributed by atoms with Crippen LogP contribution in [0.2, 0.25) is 0 Å². The molecule has 27 heavy (non-hydrogen) atoms. The minimum absolute atomic E-state index is 0.0317. The predicted molar refractivity (Wildman–Crippen MR) is 103 cm³/mol. The van der Waals surface area contributed by atoms with Crippen molar-refractivity contribution in [1.82, 2.24) is 9.88 Å². The van der Waals surface area contributed by atoms with E-state index in [9.17, 15) is 14.4 Å². The lowest BCUT2D eigenvalue weighted by Gasteiger charge is -2.44. The van der Waals surface area contributed by atoms with Crippen LogP contribution < -0.4 is 10.5 Å². The number of pyridine rings is 1. The van der Waals surface area contributed by atoms with Gasteiger partial charge in [-0.3, -0.25) is 14.4 Å². The summed E-state index contributed by atoms with van der Waals surface area (Å²) in [6, 6.07) is 11.1. The monoisotopic (exact) mass is 365 g/mol. The number of aromatic nitrogens is 1. The fraction of sp³-hybridized carbons (Fsp3) is 0.381. The second-order valence-corrected chi connectivity index (χ2v) is 7.40. The highest BCUT2D eigenvalue weighted by Gasteiger charge is 2.53. The topological polar surface area (TPSA) is 73.5 Å². The summed E-state index contributed by atoms with van der Waals surface area (Å²) >= 11 is 0. The third-order valence-corrected chi connectivity index (χ3v) is 5.74. The lowest BCUT2D eigenvalue weighted by Crippen LogP contribution is -2.61. The van der Waals surface area contributed by atoms with E-state index in [1.807, 2.05) is 31.2 Å². The van der Waals surface area contributed by atoms with Gasteiger partial charge < -0.3 is 14.8 Å². The number of likely N-dealkylation sites (tertiary alicyclic amines) is 1. The normalized spacial score (nSPS) is 22.5. The van der Waals surface area contributed by atoms with Crippen molar-refractivity contribution in [3.63, 3.8) is 0 Å². The second kappa shape index (κ2) is 6.68. The molecule has 2 saturated heterocycles. The number of carbonyl (C=O) groups excluding carboxylic acids is 2. The summed E-state index contributed by atoms with van der Waals surface area (Å²) in [6.07, 6.45) is 4.39. The quantitative estimate of drug-likeness (QED) is 0.889. The molecule has 4 rings (SSSR count). The molecule has 1 atom stereocenters. The number of hydrogen-bond donors (Lipinski definition) is 1. The Morgan fingerprint density at radius 2 is 1.74 bits per heavy atom. The van der Waals surface area contributed by atoms with Crippen molar-refractivity contribution in [3.05, 3.63) is 64.1 Å². The number of nitrogens with one attached hydrogen (secondary N) is 1. The molecule has 2 amide bonds. The first-order valence-corrected chi connectivity index (χ1v) is 9.41. The molecule has 6 heteroatoms. The van der Waals surface area contributed by atoms with Gasteiger partial charge in [0.1, 0.15) is 11.1 Å². The van der Waals surface area contributed by atoms with E-state index in [0.717, 1.165) is 24.1 Å². The number of H-pyrrole nitrogens is 1. The second-order valence-electron chi connectivity index (χ2n) is 7.40. The van der Waals surface area contributed by atoms with Gasteiger partial charge in [-0.15, -0.1) is 0 Å². The Bertz CT molecular complexity index is 934. The molecule has 6 nitrogen and oxygen atoms in total. The first-order valence-electron chi connectivity index (χ1n) is 9.41. The third-order valence-electron chi connectivity index (χ3n) is 5.74. The summed E-state index contributed by atoms with van der Waals surface area (Å²) in [5.74, 6) is -0.385. The van der Waals surface area contributed by atoms with Crippen molar-refractivity contribution < 1.29 is 9.59 Å². The number of rotatable bonds is 2. The molecule has 0 aliphatic carbocycles. The molecule has 2 aliphatic rings. The van der Waals surface area contributed by atoms with Crippen LogP contribution in [0.1, 0.15) is 41.6 Å². The lowest BCUT2D eigenvalue weighted by atomic mass is 9.84. The summed E-state index contributed by atoms with van der Waals surface area (Å²) in [5.41, 5.74) is 0.838. The standard InChI is InChI=1S/C21H23N3O3/c1-15-6-8-16(9-7-15)23-13-3-10-21(20(23)27)11-4-14-24(21)19(26)17-5-2-12-22-18(17)25/h2,5-9,12H,3-4,10-11,13-14H2,1H3,(H,22,25). The zero-order valence-corrected chi connectivity index (χ0v) is 15.4. The van der Waals surface area contributed by atoms with E-state index < -0.39 is 11.1 Å². The van der Waals surface area contributed by atoms with Crippen molar-refractivity contribution in [3.8, 4) is 0 Å². The van der Waals surface area contributed by atoms with Crippen LogP contribution in [0.4, 0.5) is 5.69 Å². The van der Waals surface area contributed by atoms with Crippen molar-refractivity contribution in [2.45, 2.75) is 38.1 Å². The Morgan fingerprint density at radius 1 is 1.04 bits per heavy atom. The molecule has 140 valence electrons. The molecule has 2 aromatic rings. The molecule has 1 aromatic carbocycles. The maximum Gasteiger partial charge on any atom is 0.260 e. The van der Waals surface area contributed by atoms with Crippen LogP contribution in [0, 0.1) is 6.92 Å². The van der Waals surface area contributed by atoms with Crippen LogP contribution >= 0.6 is 0 Å². The summed E-state index contributed by atoms with van der Waals surface area (Å²) in [4.78, 5) is 44.7.